The number of aromatic nitrogens is 2. The topological polar surface area (TPSA) is 113 Å². The summed E-state index contributed by atoms with van der Waals surface area (Å²) in [6.45, 7) is 3.41. The van der Waals surface area contributed by atoms with E-state index in [4.69, 9.17) is 16.2 Å². The smallest absolute Gasteiger partial charge is 0.359 e. The highest BCUT2D eigenvalue weighted by Gasteiger charge is 2.19. The second-order valence-electron chi connectivity index (χ2n) is 3.20. The van der Waals surface area contributed by atoms with Crippen LogP contribution in [0.2, 0.25) is 0 Å². The molecule has 0 aliphatic carbocycles. The SMILES string of the molecule is CCOC(=O)c1nn(CC(N)=O)c(N)c1C. The number of carbonyl (C=O) groups is 2. The molecule has 1 aromatic heterocycles. The number of nitrogen functional groups attached to an aromatic ring is 1. The summed E-state index contributed by atoms with van der Waals surface area (Å²) in [6, 6.07) is 0. The van der Waals surface area contributed by atoms with Crippen LogP contribution in [0.1, 0.15) is 23.0 Å². The summed E-state index contributed by atoms with van der Waals surface area (Å²) in [6.07, 6.45) is 0. The average molecular weight is 226 g/mol. The first-order chi connectivity index (χ1) is 7.47. The molecule has 0 unspecified atom stereocenters. The fraction of sp³-hybridized carbons (Fsp3) is 0.444. The zero-order valence-electron chi connectivity index (χ0n) is 9.19. The lowest BCUT2D eigenvalue weighted by atomic mass is 10.2. The zero-order chi connectivity index (χ0) is 12.3. The first kappa shape index (κ1) is 12.0. The quantitative estimate of drug-likeness (QED) is 0.668. The highest BCUT2D eigenvalue weighted by molar-refractivity contribution is 5.90. The Morgan fingerprint density at radius 2 is 2.12 bits per heavy atom. The Hall–Kier alpha value is -2.05. The second-order valence-corrected chi connectivity index (χ2v) is 3.20. The van der Waals surface area contributed by atoms with Crippen LogP contribution in [0.15, 0.2) is 0 Å². The van der Waals surface area contributed by atoms with Gasteiger partial charge in [-0.2, -0.15) is 5.10 Å². The van der Waals surface area contributed by atoms with E-state index >= 15 is 0 Å². The van der Waals surface area contributed by atoms with Gasteiger partial charge < -0.3 is 16.2 Å². The van der Waals surface area contributed by atoms with Crippen molar-refractivity contribution >= 4 is 17.7 Å². The Morgan fingerprint density at radius 1 is 1.50 bits per heavy atom. The van der Waals surface area contributed by atoms with E-state index in [1.165, 1.54) is 4.68 Å². The lowest BCUT2D eigenvalue weighted by molar-refractivity contribution is -0.118. The van der Waals surface area contributed by atoms with E-state index in [-0.39, 0.29) is 24.7 Å². The van der Waals surface area contributed by atoms with E-state index in [0.29, 0.717) is 5.56 Å². The zero-order valence-corrected chi connectivity index (χ0v) is 9.19. The Balaban J connectivity index is 3.04. The third kappa shape index (κ3) is 2.30. The molecule has 0 saturated carbocycles. The number of anilines is 1. The number of rotatable bonds is 4. The van der Waals surface area contributed by atoms with Crippen LogP contribution in [0.3, 0.4) is 0 Å². The van der Waals surface area contributed by atoms with Gasteiger partial charge >= 0.3 is 5.97 Å². The maximum Gasteiger partial charge on any atom is 0.359 e. The molecular formula is C9H14N4O3. The van der Waals surface area contributed by atoms with Crippen molar-refractivity contribution in [2.75, 3.05) is 12.3 Å². The Morgan fingerprint density at radius 3 is 2.62 bits per heavy atom. The predicted octanol–water partition coefficient (Wildman–Crippen LogP) is -0.564. The van der Waals surface area contributed by atoms with Gasteiger partial charge in [-0.25, -0.2) is 9.48 Å². The number of ether oxygens (including phenoxy) is 1. The van der Waals surface area contributed by atoms with Crippen molar-refractivity contribution in [1.29, 1.82) is 0 Å². The van der Waals surface area contributed by atoms with Crippen LogP contribution in [0.5, 0.6) is 0 Å². The minimum Gasteiger partial charge on any atom is -0.461 e. The summed E-state index contributed by atoms with van der Waals surface area (Å²) in [5.41, 5.74) is 11.3. The largest absolute Gasteiger partial charge is 0.461 e. The summed E-state index contributed by atoms with van der Waals surface area (Å²) < 4.78 is 5.98. The van der Waals surface area contributed by atoms with Crippen molar-refractivity contribution in [3.8, 4) is 0 Å². The van der Waals surface area contributed by atoms with E-state index in [2.05, 4.69) is 5.10 Å². The van der Waals surface area contributed by atoms with Gasteiger partial charge in [-0.1, -0.05) is 0 Å². The number of hydrogen-bond donors (Lipinski definition) is 2. The monoisotopic (exact) mass is 226 g/mol. The first-order valence-electron chi connectivity index (χ1n) is 4.75. The normalized spacial score (nSPS) is 10.1. The van der Waals surface area contributed by atoms with Crippen LogP contribution in [-0.2, 0) is 16.1 Å². The molecule has 0 aliphatic heterocycles. The summed E-state index contributed by atoms with van der Waals surface area (Å²) in [5, 5.41) is 3.88. The molecule has 0 spiro atoms. The van der Waals surface area contributed by atoms with E-state index in [0.717, 1.165) is 0 Å². The predicted molar refractivity (Wildman–Crippen MR) is 56.5 cm³/mol. The van der Waals surface area contributed by atoms with E-state index < -0.39 is 11.9 Å². The van der Waals surface area contributed by atoms with Gasteiger partial charge in [0.15, 0.2) is 5.69 Å². The summed E-state index contributed by atoms with van der Waals surface area (Å²) >= 11 is 0. The molecular weight excluding hydrogens is 212 g/mol. The highest BCUT2D eigenvalue weighted by Crippen LogP contribution is 2.16. The molecule has 1 amide bonds. The molecule has 0 atom stereocenters. The molecule has 0 radical (unpaired) electrons. The van der Waals surface area contributed by atoms with Crippen molar-refractivity contribution in [3.05, 3.63) is 11.3 Å². The number of hydrogen-bond acceptors (Lipinski definition) is 5. The average Bonchev–Trinajstić information content (AvgIpc) is 2.46. The van der Waals surface area contributed by atoms with Crippen LogP contribution in [0.25, 0.3) is 0 Å². The van der Waals surface area contributed by atoms with Crippen LogP contribution in [0, 0.1) is 6.92 Å². The standard InChI is InChI=1S/C9H14N4O3/c1-3-16-9(15)7-5(2)8(11)13(12-7)4-6(10)14/h3-4,11H2,1-2H3,(H2,10,14). The summed E-state index contributed by atoms with van der Waals surface area (Å²) in [4.78, 5) is 22.2. The third-order valence-electron chi connectivity index (χ3n) is 2.01. The minimum atomic E-state index is -0.579. The van der Waals surface area contributed by atoms with Gasteiger partial charge in [-0.3, -0.25) is 4.79 Å². The van der Waals surface area contributed by atoms with Gasteiger partial charge in [-0.05, 0) is 13.8 Å². The number of esters is 1. The molecule has 88 valence electrons. The van der Waals surface area contributed by atoms with Crippen LogP contribution < -0.4 is 11.5 Å². The number of carbonyl (C=O) groups excluding carboxylic acids is 2. The molecule has 0 bridgehead atoms. The fourth-order valence-corrected chi connectivity index (χ4v) is 1.23. The lowest BCUT2D eigenvalue weighted by Crippen LogP contribution is -2.21. The minimum absolute atomic E-state index is 0.112. The molecule has 1 heterocycles. The molecule has 0 saturated heterocycles. The van der Waals surface area contributed by atoms with Gasteiger partial charge in [0.2, 0.25) is 5.91 Å². The van der Waals surface area contributed by atoms with E-state index in [1.807, 2.05) is 0 Å². The number of amides is 1. The fourth-order valence-electron chi connectivity index (χ4n) is 1.23. The third-order valence-corrected chi connectivity index (χ3v) is 2.01. The number of nitrogens with zero attached hydrogens (tertiary/aromatic N) is 2. The maximum atomic E-state index is 11.4. The number of nitrogens with two attached hydrogens (primary N) is 2. The first-order valence-corrected chi connectivity index (χ1v) is 4.75. The Labute approximate surface area is 92.3 Å². The highest BCUT2D eigenvalue weighted by atomic mass is 16.5. The van der Waals surface area contributed by atoms with E-state index in [9.17, 15) is 9.59 Å². The van der Waals surface area contributed by atoms with Crippen molar-refractivity contribution in [2.45, 2.75) is 20.4 Å². The van der Waals surface area contributed by atoms with Crippen molar-refractivity contribution in [3.63, 3.8) is 0 Å². The van der Waals surface area contributed by atoms with Crippen LogP contribution in [-0.4, -0.2) is 28.3 Å². The molecule has 7 heteroatoms. The van der Waals surface area contributed by atoms with Crippen molar-refractivity contribution in [2.24, 2.45) is 5.73 Å². The Bertz CT molecular complexity index is 425. The van der Waals surface area contributed by atoms with Gasteiger partial charge in [0.05, 0.1) is 6.61 Å². The molecule has 0 aliphatic rings. The van der Waals surface area contributed by atoms with Gasteiger partial charge in [0.25, 0.3) is 0 Å². The van der Waals surface area contributed by atoms with Crippen LogP contribution >= 0.6 is 0 Å². The molecule has 0 fully saturated rings. The van der Waals surface area contributed by atoms with Crippen molar-refractivity contribution in [1.82, 2.24) is 9.78 Å². The molecule has 1 rings (SSSR count). The molecule has 4 N–H and O–H groups in total. The lowest BCUT2D eigenvalue weighted by Gasteiger charge is -1.99. The van der Waals surface area contributed by atoms with Crippen LogP contribution in [0.4, 0.5) is 5.82 Å². The van der Waals surface area contributed by atoms with Crippen molar-refractivity contribution < 1.29 is 14.3 Å². The summed E-state index contributed by atoms with van der Waals surface area (Å²) in [5.74, 6) is -0.901. The molecule has 7 nitrogen and oxygen atoms in total. The molecule has 1 aromatic rings. The number of primary amides is 1. The Kier molecular flexibility index (Phi) is 3.49. The van der Waals surface area contributed by atoms with E-state index in [1.54, 1.807) is 13.8 Å². The molecule has 0 aromatic carbocycles. The van der Waals surface area contributed by atoms with Gasteiger partial charge in [0, 0.05) is 5.56 Å². The summed E-state index contributed by atoms with van der Waals surface area (Å²) in [7, 11) is 0. The molecule has 16 heavy (non-hydrogen) atoms. The second kappa shape index (κ2) is 4.65. The van der Waals surface area contributed by atoms with Gasteiger partial charge in [-0.15, -0.1) is 0 Å². The maximum absolute atomic E-state index is 11.4. The van der Waals surface area contributed by atoms with Gasteiger partial charge in [0.1, 0.15) is 12.4 Å².